The van der Waals surface area contributed by atoms with Gasteiger partial charge in [-0.15, -0.1) is 17.2 Å². The summed E-state index contributed by atoms with van der Waals surface area (Å²) in [5.74, 6) is 1.35. The molecule has 0 bridgehead atoms. The average Bonchev–Trinajstić information content (AvgIpc) is 4.03. The molecule has 0 radical (unpaired) electrons. The predicted molar refractivity (Wildman–Crippen MR) is 272 cm³/mol. The molecule has 73 heavy (non-hydrogen) atoms. The van der Waals surface area contributed by atoms with Gasteiger partial charge in [0.1, 0.15) is 11.5 Å². The Morgan fingerprint density at radius 2 is 0.849 bits per heavy atom. The zero-order chi connectivity index (χ0) is 52.1. The van der Waals surface area contributed by atoms with Crippen molar-refractivity contribution in [2.24, 2.45) is 0 Å². The molecule has 0 aromatic heterocycles. The van der Waals surface area contributed by atoms with Crippen LogP contribution in [0.4, 0.5) is 52.7 Å². The Bertz CT molecular complexity index is 2600. The number of ether oxygens (including phenoxy) is 2. The van der Waals surface area contributed by atoms with E-state index in [0.717, 1.165) is 38.2 Å². The van der Waals surface area contributed by atoms with Crippen LogP contribution in [0.5, 0.6) is 11.5 Å². The molecular weight excluding hydrogens is 1050 g/mol. The molecule has 0 saturated heterocycles. The molecule has 1 atom stereocenters. The van der Waals surface area contributed by atoms with E-state index in [2.05, 4.69) is 0 Å². The van der Waals surface area contributed by atoms with Gasteiger partial charge >= 0.3 is 41.8 Å². The second kappa shape index (κ2) is 25.9. The topological polar surface area (TPSA) is 18.5 Å². The molecule has 0 saturated carbocycles. The molecule has 0 aliphatic rings. The quantitative estimate of drug-likeness (QED) is 0.0588. The molecule has 0 heterocycles. The molecule has 0 unspecified atom stereocenters. The van der Waals surface area contributed by atoms with E-state index in [1.807, 2.05) is 108 Å². The molecular formula is C56H56F12FeO2P2. The van der Waals surface area contributed by atoms with E-state index < -0.39 is 79.1 Å². The number of hydrogen-bond donors (Lipinski definition) is 0. The first-order chi connectivity index (χ1) is 32.7. The molecule has 0 fully saturated rings. The van der Waals surface area contributed by atoms with Gasteiger partial charge in [-0.25, -0.2) is 12.1 Å². The zero-order valence-electron chi connectivity index (χ0n) is 41.9. The molecule has 2 nitrogen and oxygen atoms in total. The fraction of sp³-hybridized carbons (Fsp3) is 0.250. The fourth-order valence-electron chi connectivity index (χ4n) is 8.34. The number of methoxy groups -OCH3 is 2. The number of aryl methyl sites for hydroxylation is 4. The summed E-state index contributed by atoms with van der Waals surface area (Å²) in [7, 11) is -1.25. The van der Waals surface area contributed by atoms with E-state index in [4.69, 9.17) is 9.47 Å². The summed E-state index contributed by atoms with van der Waals surface area (Å²) in [5, 5.41) is 1.12. The number of hydrogen-bond acceptors (Lipinski definition) is 2. The van der Waals surface area contributed by atoms with Crippen molar-refractivity contribution < 1.29 is 79.2 Å². The van der Waals surface area contributed by atoms with Gasteiger partial charge in [-0.3, -0.25) is 0 Å². The van der Waals surface area contributed by atoms with E-state index in [-0.39, 0.29) is 49.6 Å². The minimum atomic E-state index is -5.36. The minimum Gasteiger partial charge on any atom is -0.496 e. The van der Waals surface area contributed by atoms with Crippen LogP contribution in [-0.2, 0) is 41.8 Å². The van der Waals surface area contributed by atoms with Gasteiger partial charge in [0.2, 0.25) is 0 Å². The molecule has 7 aromatic rings. The maximum absolute atomic E-state index is 14.3. The number of alkyl halides is 12. The molecule has 0 spiro atoms. The van der Waals surface area contributed by atoms with Crippen LogP contribution < -0.4 is 36.0 Å². The minimum absolute atomic E-state index is 0. The van der Waals surface area contributed by atoms with Gasteiger partial charge in [-0.1, -0.05) is 50.6 Å². The van der Waals surface area contributed by atoms with Crippen molar-refractivity contribution >= 4 is 42.4 Å². The van der Waals surface area contributed by atoms with Crippen LogP contribution in [0.2, 0.25) is 0 Å². The molecule has 0 aliphatic heterocycles. The van der Waals surface area contributed by atoms with Gasteiger partial charge in [0, 0.05) is 0 Å². The van der Waals surface area contributed by atoms with Crippen LogP contribution in [0.25, 0.3) is 11.1 Å². The molecule has 0 amide bonds. The molecule has 17 heteroatoms. The first-order valence-electron chi connectivity index (χ1n) is 21.7. The molecule has 0 N–H and O–H groups in total. The van der Waals surface area contributed by atoms with Gasteiger partial charge in [-0.2, -0.15) is 83.0 Å². The Morgan fingerprint density at radius 3 is 1.16 bits per heavy atom. The average molecular weight is 1110 g/mol. The summed E-state index contributed by atoms with van der Waals surface area (Å²) in [5.41, 5.74) is -3.63. The van der Waals surface area contributed by atoms with E-state index >= 15 is 0 Å². The Labute approximate surface area is 433 Å². The van der Waals surface area contributed by atoms with Crippen molar-refractivity contribution in [3.05, 3.63) is 198 Å². The number of benzene rings is 5. The van der Waals surface area contributed by atoms with Crippen molar-refractivity contribution in [1.82, 2.24) is 0 Å². The van der Waals surface area contributed by atoms with Crippen LogP contribution in [0, 0.1) is 42.5 Å². The zero-order valence-corrected chi connectivity index (χ0v) is 44.8. The third-order valence-corrected chi connectivity index (χ3v) is 16.3. The van der Waals surface area contributed by atoms with Gasteiger partial charge in [0.05, 0.1) is 36.5 Å². The first-order valence-corrected chi connectivity index (χ1v) is 24.5. The second-order valence-electron chi connectivity index (χ2n) is 16.0. The third-order valence-electron chi connectivity index (χ3n) is 11.2. The van der Waals surface area contributed by atoms with Gasteiger partial charge in [-0.05, 0) is 159 Å². The van der Waals surface area contributed by atoms with Crippen LogP contribution in [0.3, 0.4) is 0 Å². The SMILES string of the molecule is CC.COc1c(C)cc(P(c2cc(C)c(OC)c(C)c2)c2ccccc2-c2ccc[c-]2[C@@H](C)P(c2cc(C(F)(F)F)cc(C(F)(F)F)c2)c2cc(C(F)(F)F)cc(C(F)(F)F)c2)cc1C.[CH3-].[CH3-].[Fe+4].c1cc[cH-]c1. The summed E-state index contributed by atoms with van der Waals surface area (Å²) >= 11 is 0. The maximum atomic E-state index is 14.3. The van der Waals surface area contributed by atoms with Crippen LogP contribution >= 0.6 is 15.8 Å². The summed E-state index contributed by atoms with van der Waals surface area (Å²) in [6.07, 6.45) is -21.4. The standard InChI is InChI=1S/C47H39F12O2P2.C5H5.C2H6.2CH3.Fe/c1-25-15-34(16-26(2)42(25)60-6)63(35-17-27(3)43(61-7)28(4)18-35)41-14-9-8-11-40(41)39-13-10-12-38(39)29(5)62(36-21-30(44(48,49)50)19-31(22-36)45(51,52)53)37-23-32(46(54,55)56)20-33(24-37)47(57,58)59;1-2-4-5-3-1;1-2;;;/h8-24,29H,1-7H3;1-5H;1-2H3;2*1H3;/q2*-1;;2*-1;+4/t29-;;;;;/m1...../s1. The molecule has 394 valence electrons. The van der Waals surface area contributed by atoms with Gasteiger partial charge in [0.25, 0.3) is 0 Å². The second-order valence-corrected chi connectivity index (χ2v) is 20.7. The van der Waals surface area contributed by atoms with Gasteiger partial charge in [0.15, 0.2) is 0 Å². The summed E-state index contributed by atoms with van der Waals surface area (Å²) in [6, 6.07) is 31.2. The number of halogens is 12. The van der Waals surface area contributed by atoms with Crippen molar-refractivity contribution in [2.75, 3.05) is 14.2 Å². The largest absolute Gasteiger partial charge is 4.00 e. The van der Waals surface area contributed by atoms with Gasteiger partial charge < -0.3 is 24.3 Å². The fourth-order valence-corrected chi connectivity index (χ4v) is 14.0. The van der Waals surface area contributed by atoms with Crippen LogP contribution in [0.15, 0.2) is 133 Å². The Morgan fingerprint density at radius 1 is 0.493 bits per heavy atom. The smallest absolute Gasteiger partial charge is 0.496 e. The summed E-state index contributed by atoms with van der Waals surface area (Å²) in [4.78, 5) is 0. The van der Waals surface area contributed by atoms with E-state index in [1.165, 1.54) is 13.0 Å². The monoisotopic (exact) mass is 1110 g/mol. The predicted octanol–water partition coefficient (Wildman–Crippen LogP) is 16.7. The summed E-state index contributed by atoms with van der Waals surface area (Å²) < 4.78 is 183. The number of rotatable bonds is 10. The third kappa shape index (κ3) is 15.1. The Kier molecular flexibility index (Phi) is 22.8. The van der Waals surface area contributed by atoms with E-state index in [9.17, 15) is 52.7 Å². The normalized spacial score (nSPS) is 12.0. The van der Waals surface area contributed by atoms with Crippen LogP contribution in [-0.4, -0.2) is 14.2 Å². The van der Waals surface area contributed by atoms with Crippen molar-refractivity contribution in [2.45, 2.75) is 78.8 Å². The molecule has 7 rings (SSSR count). The van der Waals surface area contributed by atoms with Crippen LogP contribution in [0.1, 0.15) is 76.5 Å². The summed E-state index contributed by atoms with van der Waals surface area (Å²) in [6.45, 7) is 13.0. The van der Waals surface area contributed by atoms with E-state index in [1.54, 1.807) is 38.5 Å². The molecule has 0 aliphatic carbocycles. The van der Waals surface area contributed by atoms with Crippen molar-refractivity contribution in [1.29, 1.82) is 0 Å². The van der Waals surface area contributed by atoms with Crippen molar-refractivity contribution in [3.8, 4) is 22.6 Å². The Hall–Kier alpha value is -5.06. The van der Waals surface area contributed by atoms with E-state index in [0.29, 0.717) is 46.9 Å². The first kappa shape index (κ1) is 64.1. The Balaban J connectivity index is 0.00000170. The van der Waals surface area contributed by atoms with Crippen molar-refractivity contribution in [3.63, 3.8) is 0 Å². The maximum Gasteiger partial charge on any atom is 4.00 e. The molecule has 7 aromatic carbocycles.